The van der Waals surface area contributed by atoms with Gasteiger partial charge in [-0.2, -0.15) is 0 Å². The molecule has 1 aliphatic carbocycles. The minimum atomic E-state index is -0.224. The third kappa shape index (κ3) is 2.17. The summed E-state index contributed by atoms with van der Waals surface area (Å²) in [7, 11) is 0. The molecule has 0 atom stereocenters. The molecule has 0 amide bonds. The predicted octanol–water partition coefficient (Wildman–Crippen LogP) is 1.17. The van der Waals surface area contributed by atoms with Crippen molar-refractivity contribution < 1.29 is 4.92 Å². The Balaban J connectivity index is 2.53. The first-order valence-corrected chi connectivity index (χ1v) is 4.50. The predicted molar refractivity (Wildman–Crippen MR) is 46.4 cm³/mol. The summed E-state index contributed by atoms with van der Waals surface area (Å²) in [6.07, 6.45) is 5.28. The zero-order chi connectivity index (χ0) is 9.03. The molecule has 1 fully saturated rings. The normalized spacial score (nSPS) is 22.1. The average Bonchev–Trinajstić information content (AvgIpc) is 2.05. The minimum absolute atomic E-state index is 0.0590. The largest absolute Gasteiger partial charge is 0.330 e. The number of hydrogen-bond donors (Lipinski definition) is 1. The Hall–Kier alpha value is -0.640. The summed E-state index contributed by atoms with van der Waals surface area (Å²) in [6.45, 7) is 0.525. The molecule has 0 aromatic heterocycles. The summed E-state index contributed by atoms with van der Waals surface area (Å²) in [6, 6.07) is 0. The Kier molecular flexibility index (Phi) is 3.03. The van der Waals surface area contributed by atoms with E-state index in [1.807, 2.05) is 0 Å². The average molecular weight is 172 g/mol. The Morgan fingerprint density at radius 1 is 1.33 bits per heavy atom. The van der Waals surface area contributed by atoms with E-state index in [9.17, 15) is 10.1 Å². The molecular weight excluding hydrogens is 156 g/mol. The highest BCUT2D eigenvalue weighted by atomic mass is 16.6. The Morgan fingerprint density at radius 3 is 2.33 bits per heavy atom. The van der Waals surface area contributed by atoms with Gasteiger partial charge in [0.1, 0.15) is 0 Å². The molecule has 12 heavy (non-hydrogen) atoms. The molecule has 1 aliphatic rings. The van der Waals surface area contributed by atoms with Gasteiger partial charge in [-0.3, -0.25) is 10.1 Å². The molecule has 4 nitrogen and oxygen atoms in total. The number of rotatable bonds is 3. The fourth-order valence-corrected chi connectivity index (χ4v) is 2.00. The summed E-state index contributed by atoms with van der Waals surface area (Å²) < 4.78 is 0. The summed E-state index contributed by atoms with van der Waals surface area (Å²) >= 11 is 0. The van der Waals surface area contributed by atoms with Crippen molar-refractivity contribution in [1.29, 1.82) is 0 Å². The summed E-state index contributed by atoms with van der Waals surface area (Å²) in [5, 5.41) is 10.4. The Morgan fingerprint density at radius 2 is 1.92 bits per heavy atom. The van der Waals surface area contributed by atoms with Crippen molar-refractivity contribution in [3.8, 4) is 0 Å². The van der Waals surface area contributed by atoms with Gasteiger partial charge in [-0.15, -0.1) is 0 Å². The Bertz CT molecular complexity index is 164. The van der Waals surface area contributed by atoms with Crippen LogP contribution in [0.5, 0.6) is 0 Å². The van der Waals surface area contributed by atoms with Crippen LogP contribution in [0.25, 0.3) is 0 Å². The first kappa shape index (κ1) is 9.45. The number of nitro groups is 1. The van der Waals surface area contributed by atoms with Crippen LogP contribution in [0.2, 0.25) is 0 Å². The molecule has 2 N–H and O–H groups in total. The molecule has 70 valence electrons. The maximum Gasteiger partial charge on any atom is 0.210 e. The van der Waals surface area contributed by atoms with Crippen molar-refractivity contribution in [3.63, 3.8) is 0 Å². The van der Waals surface area contributed by atoms with Crippen LogP contribution in [0.15, 0.2) is 0 Å². The van der Waals surface area contributed by atoms with Gasteiger partial charge in [-0.1, -0.05) is 19.3 Å². The second-order valence-electron chi connectivity index (χ2n) is 3.76. The molecule has 1 rings (SSSR count). The highest BCUT2D eigenvalue weighted by Gasteiger charge is 2.35. The first-order valence-electron chi connectivity index (χ1n) is 4.50. The van der Waals surface area contributed by atoms with Crippen LogP contribution in [0.4, 0.5) is 0 Å². The van der Waals surface area contributed by atoms with Crippen LogP contribution in [0.1, 0.15) is 32.1 Å². The number of nitrogens with two attached hydrogens (primary N) is 1. The van der Waals surface area contributed by atoms with E-state index in [4.69, 9.17) is 5.73 Å². The molecule has 4 heteroatoms. The third-order valence-electron chi connectivity index (χ3n) is 2.81. The van der Waals surface area contributed by atoms with Crippen molar-refractivity contribution >= 4 is 0 Å². The van der Waals surface area contributed by atoms with E-state index >= 15 is 0 Å². The number of nitrogens with zero attached hydrogens (tertiary/aromatic N) is 1. The minimum Gasteiger partial charge on any atom is -0.330 e. The van der Waals surface area contributed by atoms with Gasteiger partial charge in [0.2, 0.25) is 6.54 Å². The molecule has 0 spiro atoms. The van der Waals surface area contributed by atoms with Gasteiger partial charge in [0.05, 0.1) is 0 Å². The molecule has 0 aromatic carbocycles. The fraction of sp³-hybridized carbons (Fsp3) is 1.00. The van der Waals surface area contributed by atoms with Crippen molar-refractivity contribution in [1.82, 2.24) is 0 Å². The molecular formula is C8H16N2O2. The second kappa shape index (κ2) is 3.85. The van der Waals surface area contributed by atoms with Crippen LogP contribution in [0.3, 0.4) is 0 Å². The lowest BCUT2D eigenvalue weighted by Crippen LogP contribution is -2.39. The standard InChI is InChI=1S/C8H16N2O2/c9-6-8(7-10(11)12)4-2-1-3-5-8/h1-7,9H2. The highest BCUT2D eigenvalue weighted by Crippen LogP contribution is 2.35. The van der Waals surface area contributed by atoms with E-state index in [0.29, 0.717) is 6.54 Å². The third-order valence-corrected chi connectivity index (χ3v) is 2.81. The van der Waals surface area contributed by atoms with E-state index in [2.05, 4.69) is 0 Å². The topological polar surface area (TPSA) is 69.2 Å². The van der Waals surface area contributed by atoms with Crippen LogP contribution in [0, 0.1) is 15.5 Å². The SMILES string of the molecule is NCC1(C[N+](=O)[O-])CCCCC1. The number of hydrogen-bond acceptors (Lipinski definition) is 3. The molecule has 1 saturated carbocycles. The zero-order valence-corrected chi connectivity index (χ0v) is 7.29. The van der Waals surface area contributed by atoms with E-state index in [1.54, 1.807) is 0 Å². The summed E-state index contributed by atoms with van der Waals surface area (Å²) in [5.74, 6) is 0. The van der Waals surface area contributed by atoms with Gasteiger partial charge < -0.3 is 5.73 Å². The lowest BCUT2D eigenvalue weighted by atomic mass is 9.74. The van der Waals surface area contributed by atoms with Gasteiger partial charge >= 0.3 is 0 Å². The lowest BCUT2D eigenvalue weighted by molar-refractivity contribution is -0.498. The van der Waals surface area contributed by atoms with Gasteiger partial charge in [-0.25, -0.2) is 0 Å². The van der Waals surface area contributed by atoms with Crippen LogP contribution >= 0.6 is 0 Å². The smallest absolute Gasteiger partial charge is 0.210 e. The van der Waals surface area contributed by atoms with E-state index in [0.717, 1.165) is 25.7 Å². The van der Waals surface area contributed by atoms with Crippen molar-refractivity contribution in [2.45, 2.75) is 32.1 Å². The van der Waals surface area contributed by atoms with Crippen molar-refractivity contribution in [3.05, 3.63) is 10.1 Å². The fourth-order valence-electron chi connectivity index (χ4n) is 2.00. The monoisotopic (exact) mass is 172 g/mol. The molecule has 0 aromatic rings. The molecule has 0 unspecified atom stereocenters. The quantitative estimate of drug-likeness (QED) is 0.513. The highest BCUT2D eigenvalue weighted by molar-refractivity contribution is 4.82. The zero-order valence-electron chi connectivity index (χ0n) is 7.29. The maximum atomic E-state index is 10.4. The summed E-state index contributed by atoms with van der Waals surface area (Å²) in [5.41, 5.74) is 5.40. The van der Waals surface area contributed by atoms with E-state index in [-0.39, 0.29) is 16.9 Å². The van der Waals surface area contributed by atoms with Gasteiger partial charge in [-0.05, 0) is 12.8 Å². The molecule has 0 heterocycles. The maximum absolute atomic E-state index is 10.4. The van der Waals surface area contributed by atoms with E-state index < -0.39 is 0 Å². The van der Waals surface area contributed by atoms with Crippen molar-refractivity contribution in [2.75, 3.05) is 13.1 Å². The second-order valence-corrected chi connectivity index (χ2v) is 3.76. The van der Waals surface area contributed by atoms with Gasteiger partial charge in [0.15, 0.2) is 0 Å². The lowest BCUT2D eigenvalue weighted by Gasteiger charge is -2.32. The van der Waals surface area contributed by atoms with E-state index in [1.165, 1.54) is 6.42 Å². The Labute approximate surface area is 72.3 Å². The van der Waals surface area contributed by atoms with Crippen molar-refractivity contribution in [2.24, 2.45) is 11.1 Å². The van der Waals surface area contributed by atoms with Crippen LogP contribution < -0.4 is 5.73 Å². The van der Waals surface area contributed by atoms with Crippen LogP contribution in [-0.4, -0.2) is 18.0 Å². The van der Waals surface area contributed by atoms with Gasteiger partial charge in [0, 0.05) is 16.9 Å². The van der Waals surface area contributed by atoms with Crippen LogP contribution in [-0.2, 0) is 0 Å². The molecule has 0 aliphatic heterocycles. The molecule has 0 radical (unpaired) electrons. The van der Waals surface area contributed by atoms with Gasteiger partial charge in [0.25, 0.3) is 0 Å². The molecule has 0 saturated heterocycles. The first-order chi connectivity index (χ1) is 5.68. The molecule has 0 bridgehead atoms. The summed E-state index contributed by atoms with van der Waals surface area (Å²) in [4.78, 5) is 10.2.